The van der Waals surface area contributed by atoms with Gasteiger partial charge in [-0.15, -0.1) is 0 Å². The topological polar surface area (TPSA) is 3.88 Å². The van der Waals surface area contributed by atoms with Crippen LogP contribution in [0.2, 0.25) is 0 Å². The third-order valence-electron chi connectivity index (χ3n) is 10.6. The molecule has 1 aromatic heterocycles. The Labute approximate surface area is 371 Å². The van der Waals surface area contributed by atoms with Crippen molar-refractivity contribution in [3.63, 3.8) is 0 Å². The van der Waals surface area contributed by atoms with Crippen LogP contribution in [0, 0.1) is 0 Å². The molecule has 1 nitrogen and oxygen atoms in total. The Balaban J connectivity index is 0.000000636. The van der Waals surface area contributed by atoms with E-state index in [0.717, 1.165) is 6.54 Å². The molecule has 0 saturated heterocycles. The van der Waals surface area contributed by atoms with Crippen LogP contribution in [0.25, 0.3) is 10.9 Å². The molecule has 1 heterocycles. The number of fused-ring (bicyclic) bond motifs is 1. The van der Waals surface area contributed by atoms with Crippen molar-refractivity contribution in [1.29, 1.82) is 0 Å². The average Bonchev–Trinajstić information content (AvgIpc) is 3.21. The summed E-state index contributed by atoms with van der Waals surface area (Å²) < 4.78 is 343. The molecule has 0 aliphatic carbocycles. The molecule has 0 aliphatic rings. The summed E-state index contributed by atoms with van der Waals surface area (Å²) in [6, 6.07) is 3.86. The summed E-state index contributed by atoms with van der Waals surface area (Å²) in [5.41, 5.74) is -28.9. The highest BCUT2D eigenvalue weighted by Gasteiger charge is 2.47. The number of pyridine rings is 1. The molecule has 26 heteroatoms. The van der Waals surface area contributed by atoms with Gasteiger partial charge in [-0.1, -0.05) is 60.7 Å². The first-order chi connectivity index (χ1) is 31.2. The summed E-state index contributed by atoms with van der Waals surface area (Å²) in [6.45, 7) is 3.19. The first kappa shape index (κ1) is 53.8. The van der Waals surface area contributed by atoms with Crippen molar-refractivity contribution in [3.8, 4) is 0 Å². The molecule has 5 aromatic carbocycles. The van der Waals surface area contributed by atoms with Gasteiger partial charge in [-0.25, -0.2) is 0 Å². The Kier molecular flexibility index (Phi) is 14.1. The van der Waals surface area contributed by atoms with E-state index in [9.17, 15) is 105 Å². The Morgan fingerprint density at radius 2 is 0.536 bits per heavy atom. The first-order valence-corrected chi connectivity index (χ1v) is 18.9. The van der Waals surface area contributed by atoms with Crippen LogP contribution < -0.4 is 26.4 Å². The highest BCUT2D eigenvalue weighted by molar-refractivity contribution is 7.20. The average molecular weight is 1020 g/mol. The summed E-state index contributed by atoms with van der Waals surface area (Å²) in [5.74, 6) is 0. The van der Waals surface area contributed by atoms with E-state index in [-0.39, 0.29) is 0 Å². The van der Waals surface area contributed by atoms with Crippen LogP contribution in [-0.4, -0.2) is 6.15 Å². The van der Waals surface area contributed by atoms with Gasteiger partial charge in [0.05, 0.1) is 44.5 Å². The number of rotatable bonds is 5. The predicted molar refractivity (Wildman–Crippen MR) is 200 cm³/mol. The minimum atomic E-state index is -6.13. The predicted octanol–water partition coefficient (Wildman–Crippen LogP) is 13.4. The van der Waals surface area contributed by atoms with Gasteiger partial charge in [0.2, 0.25) is 5.52 Å². The van der Waals surface area contributed by atoms with Crippen molar-refractivity contribution in [2.45, 2.75) is 62.9 Å². The standard InChI is InChI=1S/C32H12BF24.C11H12N/c34-25(35,36)13-1-14(26(37,38)39)6-21(5-13)33(22-7-15(27(40,41)42)2-16(8-22)28(43,44)45,23-9-17(29(46,47)48)3-18(10-23)30(49,50)51)24-11-19(31(52,53)54)4-20(12-24)32(55,56)57;1-2-12-9-5-7-10-6-3-4-8-11(10)12/h1-12H;3-9H,2H2,1H3/q-1;+1. The van der Waals surface area contributed by atoms with Gasteiger partial charge in [-0.3, -0.25) is 0 Å². The monoisotopic (exact) mass is 1020 g/mol. The summed E-state index contributed by atoms with van der Waals surface area (Å²) >= 11 is 0. The molecular formula is C43H24BF24N. The lowest BCUT2D eigenvalue weighted by Crippen LogP contribution is -2.75. The molecule has 0 radical (unpaired) electrons. The first-order valence-electron chi connectivity index (χ1n) is 18.9. The molecule has 0 amide bonds. The maximum Gasteiger partial charge on any atom is 0.416 e. The van der Waals surface area contributed by atoms with Gasteiger partial charge in [0.1, 0.15) is 12.7 Å². The summed E-state index contributed by atoms with van der Waals surface area (Å²) in [6.07, 6.45) is -52.7. The number of hydrogen-bond donors (Lipinski definition) is 0. The molecule has 0 unspecified atom stereocenters. The van der Waals surface area contributed by atoms with Crippen LogP contribution in [0.4, 0.5) is 105 Å². The van der Waals surface area contributed by atoms with Gasteiger partial charge in [0, 0.05) is 17.5 Å². The normalized spacial score (nSPS) is 13.6. The van der Waals surface area contributed by atoms with E-state index >= 15 is 0 Å². The third kappa shape index (κ3) is 11.8. The molecule has 0 saturated carbocycles. The number of aromatic nitrogens is 1. The molecule has 0 fully saturated rings. The van der Waals surface area contributed by atoms with E-state index in [1.165, 1.54) is 10.9 Å². The van der Waals surface area contributed by atoms with Crippen molar-refractivity contribution in [2.24, 2.45) is 0 Å². The van der Waals surface area contributed by atoms with Crippen molar-refractivity contribution in [2.75, 3.05) is 0 Å². The molecule has 0 N–H and O–H groups in total. The maximum atomic E-state index is 14.2. The van der Waals surface area contributed by atoms with Gasteiger partial charge >= 0.3 is 49.4 Å². The second kappa shape index (κ2) is 18.0. The lowest BCUT2D eigenvalue weighted by molar-refractivity contribution is -0.667. The Morgan fingerprint density at radius 1 is 0.319 bits per heavy atom. The minimum absolute atomic E-state index is 0.691. The summed E-state index contributed by atoms with van der Waals surface area (Å²) in [7, 11) is 0. The summed E-state index contributed by atoms with van der Waals surface area (Å²) in [5, 5.41) is 1.31. The van der Waals surface area contributed by atoms with Crippen LogP contribution in [0.15, 0.2) is 115 Å². The van der Waals surface area contributed by atoms with Crippen molar-refractivity contribution in [3.05, 3.63) is 160 Å². The number of halogens is 24. The Hall–Kier alpha value is -6.11. The zero-order valence-corrected chi connectivity index (χ0v) is 33.8. The van der Waals surface area contributed by atoms with E-state index in [2.05, 4.69) is 54.1 Å². The van der Waals surface area contributed by atoms with Crippen molar-refractivity contribution in [1.82, 2.24) is 0 Å². The molecule has 372 valence electrons. The van der Waals surface area contributed by atoms with Crippen LogP contribution in [0.1, 0.15) is 51.4 Å². The van der Waals surface area contributed by atoms with Crippen LogP contribution in [0.3, 0.4) is 0 Å². The molecule has 69 heavy (non-hydrogen) atoms. The van der Waals surface area contributed by atoms with E-state index in [0.29, 0.717) is 0 Å². The highest BCUT2D eigenvalue weighted by Crippen LogP contribution is 2.41. The van der Waals surface area contributed by atoms with Crippen LogP contribution >= 0.6 is 0 Å². The van der Waals surface area contributed by atoms with E-state index in [1.807, 2.05) is 0 Å². The lowest BCUT2D eigenvalue weighted by Gasteiger charge is -2.46. The number of para-hydroxylation sites is 1. The molecule has 6 rings (SSSR count). The van der Waals surface area contributed by atoms with Gasteiger partial charge in [0.25, 0.3) is 0 Å². The summed E-state index contributed by atoms with van der Waals surface area (Å²) in [4.78, 5) is 0. The van der Waals surface area contributed by atoms with Crippen molar-refractivity contribution >= 4 is 38.9 Å². The van der Waals surface area contributed by atoms with Gasteiger partial charge < -0.3 is 0 Å². The number of aryl methyl sites for hydroxylation is 1. The largest absolute Gasteiger partial charge is 0.416 e. The highest BCUT2D eigenvalue weighted by atomic mass is 19.4. The molecule has 0 bridgehead atoms. The Morgan fingerprint density at radius 3 is 0.754 bits per heavy atom. The lowest BCUT2D eigenvalue weighted by atomic mass is 9.12. The fourth-order valence-corrected chi connectivity index (χ4v) is 7.57. The number of benzene rings is 5. The van der Waals surface area contributed by atoms with Crippen molar-refractivity contribution < 1.29 is 110 Å². The molecule has 6 aromatic rings. The molecular weight excluding hydrogens is 997 g/mol. The van der Waals surface area contributed by atoms with Gasteiger partial charge in [-0.2, -0.15) is 132 Å². The van der Waals surface area contributed by atoms with Gasteiger partial charge in [0.15, 0.2) is 6.20 Å². The van der Waals surface area contributed by atoms with Crippen LogP contribution in [0.5, 0.6) is 0 Å². The number of hydrogen-bond acceptors (Lipinski definition) is 0. The van der Waals surface area contributed by atoms with Crippen LogP contribution in [-0.2, 0) is 56.0 Å². The molecule has 0 atom stereocenters. The SMILES string of the molecule is CC[n+]1cccc2ccccc21.FC(F)(F)c1cc([B-](c2cc(C(F)(F)F)cc(C(F)(F)F)c2)(c2cc(C(F)(F)F)cc(C(F)(F)F)c2)c2cc(C(F)(F)F)cc(C(F)(F)F)c2)cc(C(F)(F)F)c1. The zero-order valence-electron chi connectivity index (χ0n) is 33.8. The number of nitrogens with zero attached hydrogens (tertiary/aromatic N) is 1. The fraction of sp³-hybridized carbons (Fsp3) is 0.233. The quantitative estimate of drug-likeness (QED) is 0.0920. The second-order valence-corrected chi connectivity index (χ2v) is 15.1. The second-order valence-electron chi connectivity index (χ2n) is 15.1. The minimum Gasteiger partial charge on any atom is -0.199 e. The maximum absolute atomic E-state index is 14.2. The van der Waals surface area contributed by atoms with E-state index in [1.54, 1.807) is 0 Å². The van der Waals surface area contributed by atoms with Gasteiger partial charge in [-0.05, 0) is 43.3 Å². The molecule has 0 spiro atoms. The third-order valence-corrected chi connectivity index (χ3v) is 10.6. The molecule has 0 aliphatic heterocycles. The number of alkyl halides is 24. The fourth-order valence-electron chi connectivity index (χ4n) is 7.57. The van der Waals surface area contributed by atoms with E-state index in [4.69, 9.17) is 0 Å². The van der Waals surface area contributed by atoms with E-state index < -0.39 is 195 Å². The Bertz CT molecular complexity index is 2380. The smallest absolute Gasteiger partial charge is 0.199 e. The zero-order chi connectivity index (χ0) is 52.3.